The number of carbonyl (C=O) groups excluding carboxylic acids is 1. The SMILES string of the molecule is O=C(/C=C/c1ccccc1Cl)Nc1nnc(-c2ccc(F)cc2)o1. The average molecular weight is 344 g/mol. The highest BCUT2D eigenvalue weighted by Gasteiger charge is 2.10. The molecule has 0 fully saturated rings. The van der Waals surface area contributed by atoms with Crippen molar-refractivity contribution in [3.8, 4) is 11.5 Å². The van der Waals surface area contributed by atoms with Gasteiger partial charge in [0.1, 0.15) is 5.82 Å². The lowest BCUT2D eigenvalue weighted by molar-refractivity contribution is -0.112. The fourth-order valence-electron chi connectivity index (χ4n) is 1.91. The predicted molar refractivity (Wildman–Crippen MR) is 88.8 cm³/mol. The number of nitrogens with zero attached hydrogens (tertiary/aromatic N) is 2. The molecule has 7 heteroatoms. The Labute approximate surface area is 141 Å². The van der Waals surface area contributed by atoms with Crippen LogP contribution in [0.4, 0.5) is 10.4 Å². The third-order valence-corrected chi connectivity index (χ3v) is 3.41. The number of carbonyl (C=O) groups is 1. The van der Waals surface area contributed by atoms with Gasteiger partial charge in [0, 0.05) is 16.7 Å². The molecule has 2 aromatic carbocycles. The van der Waals surface area contributed by atoms with Gasteiger partial charge >= 0.3 is 6.01 Å². The van der Waals surface area contributed by atoms with Gasteiger partial charge in [0.25, 0.3) is 5.91 Å². The lowest BCUT2D eigenvalue weighted by atomic mass is 10.2. The minimum Gasteiger partial charge on any atom is -0.403 e. The summed E-state index contributed by atoms with van der Waals surface area (Å²) in [6.07, 6.45) is 2.89. The highest BCUT2D eigenvalue weighted by atomic mass is 35.5. The molecule has 1 N–H and O–H groups in total. The van der Waals surface area contributed by atoms with Crippen molar-refractivity contribution in [1.82, 2.24) is 10.2 Å². The second-order valence-corrected chi connectivity index (χ2v) is 5.17. The van der Waals surface area contributed by atoms with Crippen molar-refractivity contribution in [2.24, 2.45) is 0 Å². The number of rotatable bonds is 4. The zero-order chi connectivity index (χ0) is 16.9. The Hall–Kier alpha value is -2.99. The highest BCUT2D eigenvalue weighted by molar-refractivity contribution is 6.32. The number of hydrogen-bond acceptors (Lipinski definition) is 4. The lowest BCUT2D eigenvalue weighted by Crippen LogP contribution is -2.07. The van der Waals surface area contributed by atoms with Crippen LogP contribution in [-0.2, 0) is 4.79 Å². The Morgan fingerprint density at radius 1 is 1.12 bits per heavy atom. The average Bonchev–Trinajstić information content (AvgIpc) is 3.03. The second-order valence-electron chi connectivity index (χ2n) is 4.76. The maximum absolute atomic E-state index is 12.9. The van der Waals surface area contributed by atoms with E-state index in [0.717, 1.165) is 0 Å². The molecule has 3 rings (SSSR count). The van der Waals surface area contributed by atoms with Gasteiger partial charge in [-0.2, -0.15) is 0 Å². The third kappa shape index (κ3) is 3.85. The molecule has 1 heterocycles. The van der Waals surface area contributed by atoms with E-state index in [9.17, 15) is 9.18 Å². The largest absolute Gasteiger partial charge is 0.403 e. The molecule has 0 spiro atoms. The summed E-state index contributed by atoms with van der Waals surface area (Å²) >= 11 is 6.00. The topological polar surface area (TPSA) is 68.0 Å². The van der Waals surface area contributed by atoms with Gasteiger partial charge in [0.2, 0.25) is 5.89 Å². The summed E-state index contributed by atoms with van der Waals surface area (Å²) in [5, 5.41) is 10.5. The molecule has 0 aliphatic rings. The summed E-state index contributed by atoms with van der Waals surface area (Å²) < 4.78 is 18.2. The summed E-state index contributed by atoms with van der Waals surface area (Å²) in [5.74, 6) is -0.624. The molecule has 24 heavy (non-hydrogen) atoms. The van der Waals surface area contributed by atoms with E-state index in [2.05, 4.69) is 15.5 Å². The van der Waals surface area contributed by atoms with E-state index in [1.807, 2.05) is 6.07 Å². The zero-order valence-electron chi connectivity index (χ0n) is 12.2. The fourth-order valence-corrected chi connectivity index (χ4v) is 2.10. The second kappa shape index (κ2) is 7.06. The number of halogens is 2. The summed E-state index contributed by atoms with van der Waals surface area (Å²) in [5.41, 5.74) is 1.27. The van der Waals surface area contributed by atoms with Gasteiger partial charge in [-0.3, -0.25) is 10.1 Å². The van der Waals surface area contributed by atoms with Crippen molar-refractivity contribution < 1.29 is 13.6 Å². The molecule has 0 radical (unpaired) electrons. The number of anilines is 1. The van der Waals surface area contributed by atoms with E-state index in [1.165, 1.54) is 30.3 Å². The van der Waals surface area contributed by atoms with E-state index < -0.39 is 5.91 Å². The molecule has 0 unspecified atom stereocenters. The van der Waals surface area contributed by atoms with Crippen LogP contribution in [0.2, 0.25) is 5.02 Å². The number of aromatic nitrogens is 2. The minimum absolute atomic E-state index is 0.0527. The first-order valence-electron chi connectivity index (χ1n) is 6.95. The zero-order valence-corrected chi connectivity index (χ0v) is 13.0. The number of amides is 1. The molecule has 1 aromatic heterocycles. The Bertz CT molecular complexity index is 891. The van der Waals surface area contributed by atoms with Crippen molar-refractivity contribution in [1.29, 1.82) is 0 Å². The van der Waals surface area contributed by atoms with Gasteiger partial charge in [-0.15, -0.1) is 5.10 Å². The van der Waals surface area contributed by atoms with Crippen LogP contribution in [0.1, 0.15) is 5.56 Å². The molecule has 3 aromatic rings. The Balaban J connectivity index is 1.67. The van der Waals surface area contributed by atoms with Crippen LogP contribution < -0.4 is 5.32 Å². The summed E-state index contributed by atoms with van der Waals surface area (Å²) in [6.45, 7) is 0. The molecule has 0 aliphatic carbocycles. The van der Waals surface area contributed by atoms with Gasteiger partial charge in [0.15, 0.2) is 0 Å². The molecule has 0 bridgehead atoms. The van der Waals surface area contributed by atoms with Crippen LogP contribution in [0, 0.1) is 5.82 Å². The van der Waals surface area contributed by atoms with Gasteiger partial charge in [-0.25, -0.2) is 4.39 Å². The van der Waals surface area contributed by atoms with E-state index >= 15 is 0 Å². The van der Waals surface area contributed by atoms with Crippen molar-refractivity contribution in [2.75, 3.05) is 5.32 Å². The maximum Gasteiger partial charge on any atom is 0.322 e. The van der Waals surface area contributed by atoms with E-state index in [-0.39, 0.29) is 17.7 Å². The number of benzene rings is 2. The van der Waals surface area contributed by atoms with Crippen LogP contribution in [0.25, 0.3) is 17.5 Å². The van der Waals surface area contributed by atoms with Crippen molar-refractivity contribution in [2.45, 2.75) is 0 Å². The van der Waals surface area contributed by atoms with Gasteiger partial charge < -0.3 is 4.42 Å². The van der Waals surface area contributed by atoms with E-state index in [1.54, 1.807) is 24.3 Å². The number of hydrogen-bond donors (Lipinski definition) is 1. The molecular formula is C17H11ClFN3O2. The smallest absolute Gasteiger partial charge is 0.322 e. The minimum atomic E-state index is -0.441. The van der Waals surface area contributed by atoms with Crippen LogP contribution >= 0.6 is 11.6 Å². The van der Waals surface area contributed by atoms with Gasteiger partial charge in [0.05, 0.1) is 0 Å². The first kappa shape index (κ1) is 15.9. The van der Waals surface area contributed by atoms with Gasteiger partial charge in [-0.05, 0) is 42.0 Å². The summed E-state index contributed by atoms with van der Waals surface area (Å²) in [6, 6.07) is 12.7. The molecule has 0 aliphatic heterocycles. The van der Waals surface area contributed by atoms with Crippen molar-refractivity contribution in [3.63, 3.8) is 0 Å². The maximum atomic E-state index is 12.9. The first-order chi connectivity index (χ1) is 11.6. The van der Waals surface area contributed by atoms with Crippen LogP contribution in [0.5, 0.6) is 0 Å². The molecule has 5 nitrogen and oxygen atoms in total. The Morgan fingerprint density at radius 2 is 1.88 bits per heavy atom. The van der Waals surface area contributed by atoms with E-state index in [4.69, 9.17) is 16.0 Å². The Kier molecular flexibility index (Phi) is 4.67. The number of nitrogens with one attached hydrogen (secondary N) is 1. The van der Waals surface area contributed by atoms with Crippen molar-refractivity contribution >= 4 is 29.6 Å². The predicted octanol–water partition coefficient (Wildman–Crippen LogP) is 4.18. The van der Waals surface area contributed by atoms with Crippen LogP contribution in [0.15, 0.2) is 59.0 Å². The Morgan fingerprint density at radius 3 is 2.62 bits per heavy atom. The summed E-state index contributed by atoms with van der Waals surface area (Å²) in [7, 11) is 0. The van der Waals surface area contributed by atoms with Crippen LogP contribution in [-0.4, -0.2) is 16.1 Å². The normalized spacial score (nSPS) is 10.9. The molecular weight excluding hydrogens is 333 g/mol. The first-order valence-corrected chi connectivity index (χ1v) is 7.32. The molecule has 0 saturated carbocycles. The van der Waals surface area contributed by atoms with Crippen LogP contribution in [0.3, 0.4) is 0 Å². The third-order valence-electron chi connectivity index (χ3n) is 3.07. The van der Waals surface area contributed by atoms with Crippen molar-refractivity contribution in [3.05, 3.63) is 71.0 Å². The van der Waals surface area contributed by atoms with Gasteiger partial charge in [-0.1, -0.05) is 34.9 Å². The molecule has 1 amide bonds. The molecule has 0 atom stereocenters. The van der Waals surface area contributed by atoms with E-state index in [0.29, 0.717) is 16.1 Å². The highest BCUT2D eigenvalue weighted by Crippen LogP contribution is 2.20. The standard InChI is InChI=1S/C17H11ClFN3O2/c18-14-4-2-1-3-11(14)7-10-15(23)20-17-22-21-16(24-17)12-5-8-13(19)9-6-12/h1-10H,(H,20,22,23)/b10-7+. The quantitative estimate of drug-likeness (QED) is 0.721. The fraction of sp³-hybridized carbons (Fsp3) is 0. The lowest BCUT2D eigenvalue weighted by Gasteiger charge is -1.97. The molecule has 120 valence electrons. The molecule has 0 saturated heterocycles. The monoisotopic (exact) mass is 343 g/mol. The summed E-state index contributed by atoms with van der Waals surface area (Å²) in [4.78, 5) is 11.9.